The van der Waals surface area contributed by atoms with Gasteiger partial charge in [0.05, 0.1) is 19.4 Å². The highest BCUT2D eigenvalue weighted by atomic mass is 16.5. The van der Waals surface area contributed by atoms with E-state index >= 15 is 0 Å². The molecule has 0 aliphatic carbocycles. The molecule has 0 fully saturated rings. The lowest BCUT2D eigenvalue weighted by atomic mass is 10.2. The number of nitrogens with zero attached hydrogens (tertiary/aromatic N) is 4. The zero-order chi connectivity index (χ0) is 19.1. The van der Waals surface area contributed by atoms with Crippen LogP contribution in [0.5, 0.6) is 11.5 Å². The molecule has 3 aromatic rings. The molecule has 0 saturated carbocycles. The summed E-state index contributed by atoms with van der Waals surface area (Å²) >= 11 is 0. The number of anilines is 1. The number of hydrogen-bond donors (Lipinski definition) is 1. The molecule has 2 aromatic heterocycles. The standard InChI is InChI=1S/C19H19N5O3/c1-3-27-16-8-6-14(11-17(16)26-2)7-9-18(25)23-15-5-4-10-21-19(15)24-13-20-12-22-24/h4-13H,3H2,1-2H3,(H,23,25)/b9-7+. The lowest BCUT2D eigenvalue weighted by Crippen LogP contribution is -2.12. The number of pyridine rings is 1. The lowest BCUT2D eigenvalue weighted by Gasteiger charge is -2.09. The van der Waals surface area contributed by atoms with Crippen LogP contribution in [0.25, 0.3) is 11.9 Å². The van der Waals surface area contributed by atoms with E-state index in [9.17, 15) is 4.79 Å². The molecule has 1 amide bonds. The summed E-state index contributed by atoms with van der Waals surface area (Å²) in [5.74, 6) is 1.46. The van der Waals surface area contributed by atoms with Crippen molar-refractivity contribution in [1.82, 2.24) is 19.7 Å². The maximum Gasteiger partial charge on any atom is 0.248 e. The normalized spacial score (nSPS) is 10.7. The molecule has 0 aliphatic heterocycles. The van der Waals surface area contributed by atoms with Crippen LogP contribution >= 0.6 is 0 Å². The summed E-state index contributed by atoms with van der Waals surface area (Å²) in [6.45, 7) is 2.46. The Bertz CT molecular complexity index is 938. The van der Waals surface area contributed by atoms with Crippen molar-refractivity contribution in [3.8, 4) is 17.3 Å². The van der Waals surface area contributed by atoms with E-state index in [1.807, 2.05) is 19.1 Å². The predicted octanol–water partition coefficient (Wildman–Crippen LogP) is 2.72. The number of rotatable bonds is 7. The van der Waals surface area contributed by atoms with E-state index < -0.39 is 0 Å². The number of aromatic nitrogens is 4. The van der Waals surface area contributed by atoms with Gasteiger partial charge in [-0.05, 0) is 42.8 Å². The lowest BCUT2D eigenvalue weighted by molar-refractivity contribution is -0.111. The molecule has 8 heteroatoms. The molecule has 3 rings (SSSR count). The van der Waals surface area contributed by atoms with Gasteiger partial charge in [-0.3, -0.25) is 4.79 Å². The number of methoxy groups -OCH3 is 1. The first kappa shape index (κ1) is 18.1. The minimum Gasteiger partial charge on any atom is -0.493 e. The van der Waals surface area contributed by atoms with E-state index in [1.165, 1.54) is 23.4 Å². The summed E-state index contributed by atoms with van der Waals surface area (Å²) in [4.78, 5) is 20.4. The summed E-state index contributed by atoms with van der Waals surface area (Å²) in [6.07, 6.45) is 7.67. The highest BCUT2D eigenvalue weighted by Crippen LogP contribution is 2.28. The first-order chi connectivity index (χ1) is 13.2. The number of carbonyl (C=O) groups excluding carboxylic acids is 1. The van der Waals surface area contributed by atoms with Gasteiger partial charge in [-0.25, -0.2) is 14.6 Å². The first-order valence-electron chi connectivity index (χ1n) is 8.31. The molecule has 2 heterocycles. The minimum absolute atomic E-state index is 0.294. The second-order valence-electron chi connectivity index (χ2n) is 5.38. The van der Waals surface area contributed by atoms with Crippen molar-refractivity contribution < 1.29 is 14.3 Å². The average Bonchev–Trinajstić information content (AvgIpc) is 3.22. The number of amides is 1. The summed E-state index contributed by atoms with van der Waals surface area (Å²) in [6, 6.07) is 8.94. The van der Waals surface area contributed by atoms with Crippen molar-refractivity contribution in [2.24, 2.45) is 0 Å². The van der Waals surface area contributed by atoms with Crippen molar-refractivity contribution in [2.45, 2.75) is 6.92 Å². The second kappa shape index (κ2) is 8.61. The van der Waals surface area contributed by atoms with Crippen LogP contribution in [0.15, 0.2) is 55.3 Å². The zero-order valence-corrected chi connectivity index (χ0v) is 15.0. The van der Waals surface area contributed by atoms with E-state index in [2.05, 4.69) is 20.4 Å². The van der Waals surface area contributed by atoms with Gasteiger partial charge >= 0.3 is 0 Å². The fourth-order valence-corrected chi connectivity index (χ4v) is 2.40. The van der Waals surface area contributed by atoms with E-state index in [0.717, 1.165) is 5.56 Å². The number of nitrogens with one attached hydrogen (secondary N) is 1. The Morgan fingerprint density at radius 1 is 1.30 bits per heavy atom. The minimum atomic E-state index is -0.294. The molecule has 0 aliphatic rings. The van der Waals surface area contributed by atoms with Gasteiger partial charge in [0.15, 0.2) is 17.3 Å². The third-order valence-corrected chi connectivity index (χ3v) is 3.59. The van der Waals surface area contributed by atoms with Gasteiger partial charge in [-0.1, -0.05) is 6.07 Å². The largest absolute Gasteiger partial charge is 0.493 e. The molecule has 0 bridgehead atoms. The molecule has 27 heavy (non-hydrogen) atoms. The predicted molar refractivity (Wildman–Crippen MR) is 101 cm³/mol. The molecule has 1 aromatic carbocycles. The molecular formula is C19H19N5O3. The molecule has 0 saturated heterocycles. The molecule has 0 atom stereocenters. The van der Waals surface area contributed by atoms with E-state index in [0.29, 0.717) is 29.6 Å². The van der Waals surface area contributed by atoms with Crippen LogP contribution in [-0.2, 0) is 4.79 Å². The van der Waals surface area contributed by atoms with Crippen LogP contribution in [0.1, 0.15) is 12.5 Å². The highest BCUT2D eigenvalue weighted by Gasteiger charge is 2.09. The summed E-state index contributed by atoms with van der Waals surface area (Å²) in [5.41, 5.74) is 1.34. The average molecular weight is 365 g/mol. The van der Waals surface area contributed by atoms with E-state index in [4.69, 9.17) is 9.47 Å². The quantitative estimate of drug-likeness (QED) is 0.648. The van der Waals surface area contributed by atoms with Gasteiger partial charge in [0.1, 0.15) is 12.7 Å². The van der Waals surface area contributed by atoms with Crippen LogP contribution in [0.4, 0.5) is 5.69 Å². The Balaban J connectivity index is 1.73. The van der Waals surface area contributed by atoms with Crippen molar-refractivity contribution in [3.05, 3.63) is 60.8 Å². The molecular weight excluding hydrogens is 346 g/mol. The third-order valence-electron chi connectivity index (χ3n) is 3.59. The Hall–Kier alpha value is -3.68. The van der Waals surface area contributed by atoms with Gasteiger partial charge in [-0.15, -0.1) is 0 Å². The fraction of sp³-hybridized carbons (Fsp3) is 0.158. The monoisotopic (exact) mass is 365 g/mol. The Labute approximate surface area is 156 Å². The summed E-state index contributed by atoms with van der Waals surface area (Å²) in [7, 11) is 1.58. The maximum absolute atomic E-state index is 12.3. The Kier molecular flexibility index (Phi) is 5.78. The van der Waals surface area contributed by atoms with Gasteiger partial charge in [-0.2, -0.15) is 5.10 Å². The second-order valence-corrected chi connectivity index (χ2v) is 5.38. The highest BCUT2D eigenvalue weighted by molar-refractivity contribution is 6.02. The van der Waals surface area contributed by atoms with Crippen molar-refractivity contribution in [2.75, 3.05) is 19.0 Å². The van der Waals surface area contributed by atoms with Crippen molar-refractivity contribution in [1.29, 1.82) is 0 Å². The zero-order valence-electron chi connectivity index (χ0n) is 15.0. The SMILES string of the molecule is CCOc1ccc(/C=C/C(=O)Nc2cccnc2-n2cncn2)cc1OC. The van der Waals surface area contributed by atoms with Gasteiger partial charge in [0.2, 0.25) is 5.91 Å². The number of hydrogen-bond acceptors (Lipinski definition) is 6. The Morgan fingerprint density at radius 3 is 2.93 bits per heavy atom. The number of benzene rings is 1. The van der Waals surface area contributed by atoms with Gasteiger partial charge in [0, 0.05) is 12.3 Å². The molecule has 0 spiro atoms. The van der Waals surface area contributed by atoms with E-state index in [-0.39, 0.29) is 5.91 Å². The summed E-state index contributed by atoms with van der Waals surface area (Å²) in [5, 5.41) is 6.83. The first-order valence-corrected chi connectivity index (χ1v) is 8.31. The van der Waals surface area contributed by atoms with Crippen LogP contribution in [0, 0.1) is 0 Å². The molecule has 0 radical (unpaired) electrons. The molecule has 1 N–H and O–H groups in total. The third kappa shape index (κ3) is 4.49. The van der Waals surface area contributed by atoms with E-state index in [1.54, 1.807) is 37.6 Å². The van der Waals surface area contributed by atoms with Crippen LogP contribution < -0.4 is 14.8 Å². The van der Waals surface area contributed by atoms with Crippen LogP contribution in [0.3, 0.4) is 0 Å². The topological polar surface area (TPSA) is 91.2 Å². The van der Waals surface area contributed by atoms with Gasteiger partial charge < -0.3 is 14.8 Å². The van der Waals surface area contributed by atoms with Crippen LogP contribution in [0.2, 0.25) is 0 Å². The fourth-order valence-electron chi connectivity index (χ4n) is 2.40. The van der Waals surface area contributed by atoms with Crippen molar-refractivity contribution in [3.63, 3.8) is 0 Å². The molecule has 138 valence electrons. The number of ether oxygens (including phenoxy) is 2. The smallest absolute Gasteiger partial charge is 0.248 e. The molecule has 8 nitrogen and oxygen atoms in total. The summed E-state index contributed by atoms with van der Waals surface area (Å²) < 4.78 is 12.3. The van der Waals surface area contributed by atoms with Gasteiger partial charge in [0.25, 0.3) is 0 Å². The maximum atomic E-state index is 12.3. The Morgan fingerprint density at radius 2 is 2.19 bits per heavy atom. The number of carbonyl (C=O) groups is 1. The molecule has 0 unspecified atom stereocenters. The van der Waals surface area contributed by atoms with Crippen LogP contribution in [-0.4, -0.2) is 39.4 Å². The van der Waals surface area contributed by atoms with Crippen molar-refractivity contribution >= 4 is 17.7 Å².